The van der Waals surface area contributed by atoms with E-state index in [4.69, 9.17) is 4.74 Å². The molecule has 0 radical (unpaired) electrons. The van der Waals surface area contributed by atoms with Crippen LogP contribution in [0.3, 0.4) is 0 Å². The van der Waals surface area contributed by atoms with Gasteiger partial charge in [-0.25, -0.2) is 4.39 Å². The van der Waals surface area contributed by atoms with Crippen molar-refractivity contribution in [1.82, 2.24) is 10.2 Å². The molecule has 0 aromatic heterocycles. The standard InChI is InChI=1S/C24H31FN2O3/c1-5-18(4)26-24(29)22(6-2)27(15-19-9-11-20(25)12-10-19)23(28)16-30-21-13-7-17(3)8-14-21/h7-14,18,22H,5-6,15-16H2,1-4H3,(H,26,29)/t18-,22-/m0/s1. The monoisotopic (exact) mass is 414 g/mol. The molecule has 30 heavy (non-hydrogen) atoms. The van der Waals surface area contributed by atoms with Gasteiger partial charge in [0.15, 0.2) is 6.61 Å². The highest BCUT2D eigenvalue weighted by Crippen LogP contribution is 2.16. The molecule has 0 saturated heterocycles. The van der Waals surface area contributed by atoms with Crippen LogP contribution in [0.15, 0.2) is 48.5 Å². The first-order chi connectivity index (χ1) is 14.3. The Kier molecular flexibility index (Phi) is 8.84. The van der Waals surface area contributed by atoms with Crippen molar-refractivity contribution in [1.29, 1.82) is 0 Å². The summed E-state index contributed by atoms with van der Waals surface area (Å²) in [6.07, 6.45) is 1.25. The lowest BCUT2D eigenvalue weighted by Crippen LogP contribution is -2.51. The minimum absolute atomic E-state index is 0.0122. The predicted molar refractivity (Wildman–Crippen MR) is 116 cm³/mol. The molecule has 0 saturated carbocycles. The van der Waals surface area contributed by atoms with Crippen LogP contribution in [0.4, 0.5) is 4.39 Å². The number of rotatable bonds is 10. The van der Waals surface area contributed by atoms with Crippen LogP contribution in [0.5, 0.6) is 5.75 Å². The van der Waals surface area contributed by atoms with Gasteiger partial charge < -0.3 is 15.0 Å². The van der Waals surface area contributed by atoms with E-state index in [-0.39, 0.29) is 36.8 Å². The van der Waals surface area contributed by atoms with Gasteiger partial charge in [-0.15, -0.1) is 0 Å². The molecule has 0 unspecified atom stereocenters. The van der Waals surface area contributed by atoms with Crippen molar-refractivity contribution >= 4 is 11.8 Å². The molecule has 0 aliphatic heterocycles. The lowest BCUT2D eigenvalue weighted by atomic mass is 10.1. The number of halogens is 1. The van der Waals surface area contributed by atoms with Gasteiger partial charge in [-0.1, -0.05) is 43.7 Å². The zero-order valence-corrected chi connectivity index (χ0v) is 18.2. The minimum atomic E-state index is -0.641. The summed E-state index contributed by atoms with van der Waals surface area (Å²) < 4.78 is 18.9. The summed E-state index contributed by atoms with van der Waals surface area (Å²) in [6.45, 7) is 7.77. The lowest BCUT2D eigenvalue weighted by Gasteiger charge is -2.31. The van der Waals surface area contributed by atoms with E-state index in [1.807, 2.05) is 39.8 Å². The maximum absolute atomic E-state index is 13.3. The average Bonchev–Trinajstić information content (AvgIpc) is 2.74. The average molecular weight is 415 g/mol. The maximum atomic E-state index is 13.3. The SMILES string of the molecule is CC[C@H](C)NC(=O)[C@H](CC)N(Cc1ccc(F)cc1)C(=O)COc1ccc(C)cc1. The van der Waals surface area contributed by atoms with Crippen LogP contribution in [0.2, 0.25) is 0 Å². The Hall–Kier alpha value is -2.89. The molecule has 2 aromatic carbocycles. The second-order valence-electron chi connectivity index (χ2n) is 7.49. The Morgan fingerprint density at radius 1 is 1.03 bits per heavy atom. The molecule has 0 spiro atoms. The van der Waals surface area contributed by atoms with Gasteiger partial charge >= 0.3 is 0 Å². The number of hydrogen-bond acceptors (Lipinski definition) is 3. The summed E-state index contributed by atoms with van der Waals surface area (Å²) in [5, 5.41) is 2.96. The fourth-order valence-electron chi connectivity index (χ4n) is 3.01. The molecular formula is C24H31FN2O3. The third kappa shape index (κ3) is 6.87. The molecule has 2 atom stereocenters. The van der Waals surface area contributed by atoms with E-state index in [2.05, 4.69) is 5.32 Å². The summed E-state index contributed by atoms with van der Waals surface area (Å²) in [7, 11) is 0. The van der Waals surface area contributed by atoms with Crippen molar-refractivity contribution in [2.24, 2.45) is 0 Å². The number of benzene rings is 2. The van der Waals surface area contributed by atoms with Crippen molar-refractivity contribution in [3.05, 3.63) is 65.5 Å². The topological polar surface area (TPSA) is 58.6 Å². The number of ether oxygens (including phenoxy) is 1. The normalized spacial score (nSPS) is 12.7. The molecule has 162 valence electrons. The molecule has 1 N–H and O–H groups in total. The Bertz CT molecular complexity index is 821. The molecule has 0 aliphatic carbocycles. The van der Waals surface area contributed by atoms with Crippen molar-refractivity contribution in [2.75, 3.05) is 6.61 Å². The van der Waals surface area contributed by atoms with Crippen LogP contribution in [-0.2, 0) is 16.1 Å². The van der Waals surface area contributed by atoms with E-state index in [9.17, 15) is 14.0 Å². The zero-order chi connectivity index (χ0) is 22.1. The second kappa shape index (κ2) is 11.3. The molecule has 2 rings (SSSR count). The Morgan fingerprint density at radius 2 is 1.67 bits per heavy atom. The molecule has 0 aliphatic rings. The number of carbonyl (C=O) groups is 2. The minimum Gasteiger partial charge on any atom is -0.484 e. The van der Waals surface area contributed by atoms with Gasteiger partial charge in [0, 0.05) is 12.6 Å². The van der Waals surface area contributed by atoms with E-state index in [0.29, 0.717) is 12.2 Å². The summed E-state index contributed by atoms with van der Waals surface area (Å²) in [4.78, 5) is 27.4. The number of hydrogen-bond donors (Lipinski definition) is 1. The first-order valence-corrected chi connectivity index (χ1v) is 10.4. The molecule has 0 bridgehead atoms. The van der Waals surface area contributed by atoms with Gasteiger partial charge in [-0.05, 0) is 56.5 Å². The van der Waals surface area contributed by atoms with Gasteiger partial charge in [0.2, 0.25) is 5.91 Å². The molecule has 2 amide bonds. The van der Waals surface area contributed by atoms with Gasteiger partial charge in [-0.3, -0.25) is 9.59 Å². The van der Waals surface area contributed by atoms with Gasteiger partial charge in [0.25, 0.3) is 5.91 Å². The summed E-state index contributed by atoms with van der Waals surface area (Å²) in [5.74, 6) is -0.252. The molecule has 0 fully saturated rings. The van der Waals surface area contributed by atoms with Crippen molar-refractivity contribution in [3.63, 3.8) is 0 Å². The molecule has 6 heteroatoms. The predicted octanol–water partition coefficient (Wildman–Crippen LogP) is 4.24. The number of nitrogens with zero attached hydrogens (tertiary/aromatic N) is 1. The Morgan fingerprint density at radius 3 is 2.23 bits per heavy atom. The van der Waals surface area contributed by atoms with Crippen LogP contribution >= 0.6 is 0 Å². The lowest BCUT2D eigenvalue weighted by molar-refractivity contribution is -0.143. The quantitative estimate of drug-likeness (QED) is 0.633. The second-order valence-corrected chi connectivity index (χ2v) is 7.49. The highest BCUT2D eigenvalue weighted by molar-refractivity contribution is 5.88. The van der Waals surface area contributed by atoms with Crippen LogP contribution in [0, 0.1) is 12.7 Å². The fraction of sp³-hybridized carbons (Fsp3) is 0.417. The number of amides is 2. The summed E-state index contributed by atoms with van der Waals surface area (Å²) >= 11 is 0. The largest absolute Gasteiger partial charge is 0.484 e. The van der Waals surface area contributed by atoms with Crippen molar-refractivity contribution in [3.8, 4) is 5.75 Å². The van der Waals surface area contributed by atoms with Crippen LogP contribution < -0.4 is 10.1 Å². The van der Waals surface area contributed by atoms with E-state index >= 15 is 0 Å². The third-order valence-corrected chi connectivity index (χ3v) is 5.04. The molecule has 0 heterocycles. The zero-order valence-electron chi connectivity index (χ0n) is 18.2. The number of aryl methyl sites for hydroxylation is 1. The summed E-state index contributed by atoms with van der Waals surface area (Å²) in [5.41, 5.74) is 1.84. The molecule has 5 nitrogen and oxygen atoms in total. The van der Waals surface area contributed by atoms with Crippen LogP contribution in [-0.4, -0.2) is 35.4 Å². The smallest absolute Gasteiger partial charge is 0.261 e. The number of nitrogens with one attached hydrogen (secondary N) is 1. The first kappa shape index (κ1) is 23.4. The Balaban J connectivity index is 2.19. The first-order valence-electron chi connectivity index (χ1n) is 10.4. The van der Waals surface area contributed by atoms with Crippen molar-refractivity contribution in [2.45, 2.75) is 59.2 Å². The maximum Gasteiger partial charge on any atom is 0.261 e. The van der Waals surface area contributed by atoms with E-state index in [1.54, 1.807) is 24.3 Å². The van der Waals surface area contributed by atoms with E-state index in [0.717, 1.165) is 17.5 Å². The van der Waals surface area contributed by atoms with Gasteiger partial charge in [0.05, 0.1) is 0 Å². The molecule has 2 aromatic rings. The summed E-state index contributed by atoms with van der Waals surface area (Å²) in [6, 6.07) is 12.7. The highest BCUT2D eigenvalue weighted by atomic mass is 19.1. The third-order valence-electron chi connectivity index (χ3n) is 5.04. The van der Waals surface area contributed by atoms with Crippen LogP contribution in [0.25, 0.3) is 0 Å². The van der Waals surface area contributed by atoms with Crippen molar-refractivity contribution < 1.29 is 18.7 Å². The van der Waals surface area contributed by atoms with E-state index in [1.165, 1.54) is 17.0 Å². The van der Waals surface area contributed by atoms with Gasteiger partial charge in [0.1, 0.15) is 17.6 Å². The molecular weight excluding hydrogens is 383 g/mol. The number of carbonyl (C=O) groups excluding carboxylic acids is 2. The fourth-order valence-corrected chi connectivity index (χ4v) is 3.01. The van der Waals surface area contributed by atoms with E-state index < -0.39 is 6.04 Å². The van der Waals surface area contributed by atoms with Crippen LogP contribution in [0.1, 0.15) is 44.7 Å². The highest BCUT2D eigenvalue weighted by Gasteiger charge is 2.29. The Labute approximate surface area is 178 Å². The van der Waals surface area contributed by atoms with Gasteiger partial charge in [-0.2, -0.15) is 0 Å².